The summed E-state index contributed by atoms with van der Waals surface area (Å²) in [5.41, 5.74) is 6.80. The minimum atomic E-state index is -0.450. The third-order valence-electron chi connectivity index (χ3n) is 3.09. The van der Waals surface area contributed by atoms with Crippen LogP contribution in [0.15, 0.2) is 6.20 Å². The van der Waals surface area contributed by atoms with Crippen molar-refractivity contribution < 1.29 is 9.53 Å². The number of morpholine rings is 1. The molecule has 94 valence electrons. The van der Waals surface area contributed by atoms with E-state index in [9.17, 15) is 4.79 Å². The Balaban J connectivity index is 2.15. The molecule has 3 N–H and O–H groups in total. The number of amides is 1. The van der Waals surface area contributed by atoms with Crippen molar-refractivity contribution in [2.75, 3.05) is 26.2 Å². The second-order valence-corrected chi connectivity index (χ2v) is 4.68. The fraction of sp³-hybridized carbons (Fsp3) is 0.636. The first-order chi connectivity index (χ1) is 8.01. The van der Waals surface area contributed by atoms with Gasteiger partial charge in [0.15, 0.2) is 0 Å². The van der Waals surface area contributed by atoms with Crippen LogP contribution in [0, 0.1) is 6.92 Å². The Hall–Kier alpha value is -1.40. The number of nitrogens with two attached hydrogens (primary N) is 1. The van der Waals surface area contributed by atoms with Gasteiger partial charge in [-0.2, -0.15) is 5.10 Å². The van der Waals surface area contributed by atoms with Crippen LogP contribution in [0.1, 0.15) is 18.2 Å². The lowest BCUT2D eigenvalue weighted by Gasteiger charge is -2.39. The molecule has 2 heterocycles. The summed E-state index contributed by atoms with van der Waals surface area (Å²) in [7, 11) is 0. The maximum absolute atomic E-state index is 11.0. The first kappa shape index (κ1) is 12.1. The van der Waals surface area contributed by atoms with Gasteiger partial charge in [-0.05, 0) is 19.4 Å². The highest BCUT2D eigenvalue weighted by molar-refractivity contribution is 5.75. The van der Waals surface area contributed by atoms with E-state index in [4.69, 9.17) is 10.5 Å². The molecule has 6 heteroatoms. The number of nitrogens with one attached hydrogen (secondary N) is 1. The van der Waals surface area contributed by atoms with Gasteiger partial charge in [0.1, 0.15) is 5.60 Å². The van der Waals surface area contributed by atoms with Gasteiger partial charge >= 0.3 is 0 Å². The largest absolute Gasteiger partial charge is 0.369 e. The predicted octanol–water partition coefficient (Wildman–Crippen LogP) is -0.249. The van der Waals surface area contributed by atoms with Crippen molar-refractivity contribution in [3.05, 3.63) is 17.5 Å². The van der Waals surface area contributed by atoms with Gasteiger partial charge in [-0.15, -0.1) is 0 Å². The molecular weight excluding hydrogens is 220 g/mol. The fourth-order valence-corrected chi connectivity index (χ4v) is 2.34. The summed E-state index contributed by atoms with van der Waals surface area (Å²) < 4.78 is 5.84. The van der Waals surface area contributed by atoms with Crippen LogP contribution in [-0.2, 0) is 15.1 Å². The van der Waals surface area contributed by atoms with Crippen molar-refractivity contribution in [2.24, 2.45) is 5.73 Å². The monoisotopic (exact) mass is 238 g/mol. The van der Waals surface area contributed by atoms with E-state index in [2.05, 4.69) is 10.2 Å². The predicted molar refractivity (Wildman–Crippen MR) is 62.3 cm³/mol. The van der Waals surface area contributed by atoms with Crippen molar-refractivity contribution >= 4 is 5.91 Å². The summed E-state index contributed by atoms with van der Waals surface area (Å²) >= 11 is 0. The Bertz CT molecular complexity index is 417. The lowest BCUT2D eigenvalue weighted by molar-refractivity contribution is -0.128. The highest BCUT2D eigenvalue weighted by Crippen LogP contribution is 2.29. The number of aromatic nitrogens is 2. The van der Waals surface area contributed by atoms with E-state index in [0.29, 0.717) is 13.2 Å². The average Bonchev–Trinajstić information content (AvgIpc) is 2.64. The third-order valence-corrected chi connectivity index (χ3v) is 3.09. The molecule has 0 spiro atoms. The molecule has 0 aromatic carbocycles. The van der Waals surface area contributed by atoms with Crippen molar-refractivity contribution in [1.29, 1.82) is 0 Å². The first-order valence-electron chi connectivity index (χ1n) is 5.66. The van der Waals surface area contributed by atoms with Crippen molar-refractivity contribution in [1.82, 2.24) is 15.1 Å². The van der Waals surface area contributed by atoms with E-state index in [1.807, 2.05) is 18.7 Å². The molecule has 1 aliphatic rings. The van der Waals surface area contributed by atoms with Gasteiger partial charge < -0.3 is 10.5 Å². The lowest BCUT2D eigenvalue weighted by atomic mass is 9.97. The summed E-state index contributed by atoms with van der Waals surface area (Å²) in [6, 6.07) is 0. The van der Waals surface area contributed by atoms with Crippen molar-refractivity contribution in [3.8, 4) is 0 Å². The van der Waals surface area contributed by atoms with Crippen LogP contribution in [-0.4, -0.2) is 47.2 Å². The van der Waals surface area contributed by atoms with E-state index in [1.54, 1.807) is 6.20 Å². The molecule has 17 heavy (non-hydrogen) atoms. The molecule has 1 aromatic rings. The Labute approximate surface area is 100 Å². The summed E-state index contributed by atoms with van der Waals surface area (Å²) in [6.45, 7) is 6.21. The number of nitrogens with zero attached hydrogens (tertiary/aromatic N) is 2. The molecule has 2 rings (SSSR count). The Morgan fingerprint density at radius 3 is 3.12 bits per heavy atom. The number of rotatable bonds is 3. The molecule has 6 nitrogen and oxygen atoms in total. The van der Waals surface area contributed by atoms with Crippen LogP contribution in [0.5, 0.6) is 0 Å². The van der Waals surface area contributed by atoms with Crippen LogP contribution in [0.2, 0.25) is 0 Å². The van der Waals surface area contributed by atoms with Crippen LogP contribution < -0.4 is 5.73 Å². The molecule has 1 atom stereocenters. The highest BCUT2D eigenvalue weighted by atomic mass is 16.5. The van der Waals surface area contributed by atoms with Gasteiger partial charge in [0.25, 0.3) is 0 Å². The van der Waals surface area contributed by atoms with Crippen LogP contribution >= 0.6 is 0 Å². The molecule has 1 amide bonds. The zero-order valence-corrected chi connectivity index (χ0v) is 10.2. The van der Waals surface area contributed by atoms with E-state index in [-0.39, 0.29) is 12.5 Å². The Kier molecular flexibility index (Phi) is 3.17. The SMILES string of the molecule is Cc1cn[nH]c1C1(C)CN(CC(N)=O)CCO1. The molecule has 0 bridgehead atoms. The van der Waals surface area contributed by atoms with Crippen LogP contribution in [0.25, 0.3) is 0 Å². The zero-order chi connectivity index (χ0) is 12.5. The van der Waals surface area contributed by atoms with Gasteiger partial charge in [-0.3, -0.25) is 14.8 Å². The number of hydrogen-bond acceptors (Lipinski definition) is 4. The number of ether oxygens (including phenoxy) is 1. The van der Waals surface area contributed by atoms with E-state index in [1.165, 1.54) is 0 Å². The van der Waals surface area contributed by atoms with Gasteiger partial charge in [0, 0.05) is 13.1 Å². The second-order valence-electron chi connectivity index (χ2n) is 4.68. The van der Waals surface area contributed by atoms with Gasteiger partial charge in [0.05, 0.1) is 25.0 Å². The van der Waals surface area contributed by atoms with Gasteiger partial charge in [0.2, 0.25) is 5.91 Å². The summed E-state index contributed by atoms with van der Waals surface area (Å²) in [4.78, 5) is 13.0. The van der Waals surface area contributed by atoms with E-state index < -0.39 is 5.60 Å². The number of hydrogen-bond donors (Lipinski definition) is 2. The maximum Gasteiger partial charge on any atom is 0.231 e. The summed E-state index contributed by atoms with van der Waals surface area (Å²) in [5, 5.41) is 6.98. The molecule has 0 saturated carbocycles. The van der Waals surface area contributed by atoms with E-state index >= 15 is 0 Å². The first-order valence-corrected chi connectivity index (χ1v) is 5.66. The quantitative estimate of drug-likeness (QED) is 0.760. The molecule has 0 radical (unpaired) electrons. The van der Waals surface area contributed by atoms with Crippen molar-refractivity contribution in [2.45, 2.75) is 19.4 Å². The molecule has 1 aromatic heterocycles. The molecule has 0 aliphatic carbocycles. The maximum atomic E-state index is 11.0. The van der Waals surface area contributed by atoms with Crippen LogP contribution in [0.4, 0.5) is 0 Å². The Morgan fingerprint density at radius 2 is 2.53 bits per heavy atom. The van der Waals surface area contributed by atoms with E-state index in [0.717, 1.165) is 17.8 Å². The zero-order valence-electron chi connectivity index (χ0n) is 10.2. The number of carbonyl (C=O) groups is 1. The lowest BCUT2D eigenvalue weighted by Crippen LogP contribution is -2.50. The number of H-pyrrole nitrogens is 1. The van der Waals surface area contributed by atoms with Gasteiger partial charge in [-0.1, -0.05) is 0 Å². The molecule has 1 fully saturated rings. The number of carbonyl (C=O) groups excluding carboxylic acids is 1. The summed E-state index contributed by atoms with van der Waals surface area (Å²) in [5.74, 6) is -0.310. The highest BCUT2D eigenvalue weighted by Gasteiger charge is 2.36. The fourth-order valence-electron chi connectivity index (χ4n) is 2.34. The Morgan fingerprint density at radius 1 is 1.76 bits per heavy atom. The minimum absolute atomic E-state index is 0.270. The molecule has 1 unspecified atom stereocenters. The summed E-state index contributed by atoms with van der Waals surface area (Å²) in [6.07, 6.45) is 1.77. The molecule has 1 aliphatic heterocycles. The average molecular weight is 238 g/mol. The minimum Gasteiger partial charge on any atom is -0.369 e. The standard InChI is InChI=1S/C11H18N4O2/c1-8-5-13-14-10(8)11(2)7-15(3-4-17-11)6-9(12)16/h5H,3-4,6-7H2,1-2H3,(H2,12,16)(H,13,14). The number of aryl methyl sites for hydroxylation is 1. The topological polar surface area (TPSA) is 84.2 Å². The van der Waals surface area contributed by atoms with Gasteiger partial charge in [-0.25, -0.2) is 0 Å². The smallest absolute Gasteiger partial charge is 0.231 e. The molecule has 1 saturated heterocycles. The van der Waals surface area contributed by atoms with Crippen LogP contribution in [0.3, 0.4) is 0 Å². The number of aromatic amines is 1. The number of primary amides is 1. The second kappa shape index (κ2) is 4.46. The molecular formula is C11H18N4O2. The normalized spacial score (nSPS) is 26.0. The van der Waals surface area contributed by atoms with Crippen molar-refractivity contribution in [3.63, 3.8) is 0 Å². The third kappa shape index (κ3) is 2.48.